The van der Waals surface area contributed by atoms with E-state index in [0.29, 0.717) is 32.6 Å². The average Bonchev–Trinajstić information content (AvgIpc) is 3.39. The van der Waals surface area contributed by atoms with Gasteiger partial charge in [-0.2, -0.15) is 4.31 Å². The van der Waals surface area contributed by atoms with E-state index in [-0.39, 0.29) is 11.5 Å². The van der Waals surface area contributed by atoms with Gasteiger partial charge in [0.1, 0.15) is 6.04 Å². The summed E-state index contributed by atoms with van der Waals surface area (Å²) in [7, 11) is -3.74. The third-order valence-electron chi connectivity index (χ3n) is 5.91. The molecule has 3 heterocycles. The van der Waals surface area contributed by atoms with Crippen molar-refractivity contribution in [3.8, 4) is 0 Å². The van der Waals surface area contributed by atoms with Gasteiger partial charge in [0.15, 0.2) is 5.79 Å². The number of hydrogen-bond acceptors (Lipinski definition) is 7. The van der Waals surface area contributed by atoms with Crippen LogP contribution in [0.3, 0.4) is 0 Å². The molecule has 0 bridgehead atoms. The van der Waals surface area contributed by atoms with E-state index in [9.17, 15) is 13.2 Å². The summed E-state index contributed by atoms with van der Waals surface area (Å²) < 4.78 is 44.0. The second-order valence-corrected chi connectivity index (χ2v) is 9.50. The molecule has 8 nitrogen and oxygen atoms in total. The molecule has 1 atom stereocenters. The van der Waals surface area contributed by atoms with E-state index in [1.165, 1.54) is 4.31 Å². The van der Waals surface area contributed by atoms with Gasteiger partial charge in [0.05, 0.1) is 24.7 Å². The van der Waals surface area contributed by atoms with Crippen molar-refractivity contribution in [1.29, 1.82) is 0 Å². The lowest BCUT2D eigenvalue weighted by Gasteiger charge is -2.38. The summed E-state index contributed by atoms with van der Waals surface area (Å²) in [6.45, 7) is 5.18. The third-order valence-corrected chi connectivity index (χ3v) is 7.83. The summed E-state index contributed by atoms with van der Waals surface area (Å²) in [4.78, 5) is 14.6. The van der Waals surface area contributed by atoms with Gasteiger partial charge in [0, 0.05) is 38.2 Å². The summed E-state index contributed by atoms with van der Waals surface area (Å²) in [6, 6.07) is 6.17. The van der Waals surface area contributed by atoms with Crippen molar-refractivity contribution in [3.05, 3.63) is 24.3 Å². The number of piperidine rings is 1. The quantitative estimate of drug-likeness (QED) is 0.666. The fourth-order valence-corrected chi connectivity index (χ4v) is 6.00. The number of esters is 1. The minimum absolute atomic E-state index is 0.202. The lowest BCUT2D eigenvalue weighted by molar-refractivity contribution is -0.169. The highest BCUT2D eigenvalue weighted by Crippen LogP contribution is 2.34. The molecular formula is C20H28N2O6S. The van der Waals surface area contributed by atoms with Gasteiger partial charge >= 0.3 is 5.97 Å². The average molecular weight is 425 g/mol. The zero-order valence-corrected chi connectivity index (χ0v) is 17.5. The van der Waals surface area contributed by atoms with Crippen LogP contribution >= 0.6 is 0 Å². The fraction of sp³-hybridized carbons (Fsp3) is 0.650. The van der Waals surface area contributed by atoms with Gasteiger partial charge in [-0.1, -0.05) is 0 Å². The summed E-state index contributed by atoms with van der Waals surface area (Å²) in [6.07, 6.45) is 2.74. The number of carbonyl (C=O) groups is 1. The normalized spacial score (nSPS) is 24.9. The van der Waals surface area contributed by atoms with E-state index < -0.39 is 27.8 Å². The fourth-order valence-electron chi connectivity index (χ4n) is 4.36. The molecule has 0 amide bonds. The molecule has 0 saturated carbocycles. The number of benzene rings is 1. The van der Waals surface area contributed by atoms with Gasteiger partial charge in [-0.15, -0.1) is 0 Å². The molecule has 3 fully saturated rings. The Hall–Kier alpha value is -1.68. The molecule has 1 aromatic carbocycles. The van der Waals surface area contributed by atoms with Gasteiger partial charge in [0.25, 0.3) is 0 Å². The highest BCUT2D eigenvalue weighted by Gasteiger charge is 2.41. The van der Waals surface area contributed by atoms with Crippen LogP contribution in [0.5, 0.6) is 0 Å². The Morgan fingerprint density at radius 2 is 1.79 bits per heavy atom. The SMILES string of the molecule is CCOC(=O)[C@H]1CCCN1S(=O)(=O)c1ccc(N2CCC3(CC2)OCCO3)cc1. The molecule has 3 saturated heterocycles. The van der Waals surface area contributed by atoms with Crippen molar-refractivity contribution in [1.82, 2.24) is 4.31 Å². The first-order valence-corrected chi connectivity index (χ1v) is 11.7. The molecule has 0 aromatic heterocycles. The van der Waals surface area contributed by atoms with Crippen molar-refractivity contribution in [2.75, 3.05) is 44.4 Å². The molecule has 0 N–H and O–H groups in total. The molecule has 3 aliphatic heterocycles. The molecule has 1 spiro atoms. The van der Waals surface area contributed by atoms with Crippen LogP contribution in [0, 0.1) is 0 Å². The van der Waals surface area contributed by atoms with Gasteiger partial charge in [-0.3, -0.25) is 4.79 Å². The third kappa shape index (κ3) is 4.01. The van der Waals surface area contributed by atoms with Crippen molar-refractivity contribution in [2.24, 2.45) is 0 Å². The number of rotatable bonds is 5. The largest absolute Gasteiger partial charge is 0.465 e. The van der Waals surface area contributed by atoms with Gasteiger partial charge in [-0.25, -0.2) is 8.42 Å². The lowest BCUT2D eigenvalue weighted by atomic mass is 10.0. The van der Waals surface area contributed by atoms with Crippen LogP contribution in [-0.2, 0) is 29.0 Å². The number of nitrogens with zero attached hydrogens (tertiary/aromatic N) is 2. The van der Waals surface area contributed by atoms with E-state index in [2.05, 4.69) is 4.90 Å². The number of sulfonamides is 1. The Morgan fingerprint density at radius 1 is 1.14 bits per heavy atom. The van der Waals surface area contributed by atoms with Crippen LogP contribution < -0.4 is 4.90 Å². The Labute approximate surface area is 171 Å². The van der Waals surface area contributed by atoms with Crippen LogP contribution in [0.15, 0.2) is 29.2 Å². The van der Waals surface area contributed by atoms with Crippen molar-refractivity contribution >= 4 is 21.7 Å². The maximum absolute atomic E-state index is 13.1. The van der Waals surface area contributed by atoms with Gasteiger partial charge in [-0.05, 0) is 44.0 Å². The molecule has 4 rings (SSSR count). The Balaban J connectivity index is 1.45. The lowest BCUT2D eigenvalue weighted by Crippen LogP contribution is -2.45. The molecule has 1 aromatic rings. The monoisotopic (exact) mass is 424 g/mol. The number of ether oxygens (including phenoxy) is 3. The Kier molecular flexibility index (Phi) is 5.83. The topological polar surface area (TPSA) is 85.4 Å². The minimum atomic E-state index is -3.74. The highest BCUT2D eigenvalue weighted by atomic mass is 32.2. The van der Waals surface area contributed by atoms with Crippen LogP contribution in [0.1, 0.15) is 32.6 Å². The second kappa shape index (κ2) is 8.22. The zero-order chi connectivity index (χ0) is 20.5. The highest BCUT2D eigenvalue weighted by molar-refractivity contribution is 7.89. The van der Waals surface area contributed by atoms with E-state index in [1.807, 2.05) is 12.1 Å². The molecule has 0 aliphatic carbocycles. The summed E-state index contributed by atoms with van der Waals surface area (Å²) in [5.41, 5.74) is 0.972. The predicted molar refractivity (Wildman–Crippen MR) is 106 cm³/mol. The molecule has 29 heavy (non-hydrogen) atoms. The molecular weight excluding hydrogens is 396 g/mol. The van der Waals surface area contributed by atoms with E-state index in [0.717, 1.165) is 31.6 Å². The summed E-state index contributed by atoms with van der Waals surface area (Å²) in [5.74, 6) is -0.902. The van der Waals surface area contributed by atoms with Crippen molar-refractivity contribution < 1.29 is 27.4 Å². The molecule has 3 aliphatic rings. The molecule has 0 unspecified atom stereocenters. The van der Waals surface area contributed by atoms with Crippen LogP contribution in [0.4, 0.5) is 5.69 Å². The van der Waals surface area contributed by atoms with Crippen molar-refractivity contribution in [2.45, 2.75) is 49.3 Å². The van der Waals surface area contributed by atoms with Crippen molar-refractivity contribution in [3.63, 3.8) is 0 Å². The maximum atomic E-state index is 13.1. The summed E-state index contributed by atoms with van der Waals surface area (Å²) in [5, 5.41) is 0. The van der Waals surface area contributed by atoms with Gasteiger partial charge in [0.2, 0.25) is 10.0 Å². The Bertz CT molecular complexity index is 825. The van der Waals surface area contributed by atoms with E-state index in [1.54, 1.807) is 19.1 Å². The van der Waals surface area contributed by atoms with Gasteiger partial charge < -0.3 is 19.1 Å². The maximum Gasteiger partial charge on any atom is 0.324 e. The first kappa shape index (κ1) is 20.6. The second-order valence-electron chi connectivity index (χ2n) is 7.61. The first-order chi connectivity index (χ1) is 14.0. The van der Waals surface area contributed by atoms with Crippen LogP contribution in [0.25, 0.3) is 0 Å². The van der Waals surface area contributed by atoms with E-state index in [4.69, 9.17) is 14.2 Å². The standard InChI is InChI=1S/C20H28N2O6S/c1-2-26-19(23)18-4-3-11-22(18)29(24,25)17-7-5-16(6-8-17)21-12-9-20(10-13-21)27-14-15-28-20/h5-8,18H,2-4,9-15H2,1H3/t18-/m1/s1. The number of hydrogen-bond donors (Lipinski definition) is 0. The minimum Gasteiger partial charge on any atom is -0.465 e. The predicted octanol–water partition coefficient (Wildman–Crippen LogP) is 1.75. The Morgan fingerprint density at radius 3 is 2.41 bits per heavy atom. The number of carbonyl (C=O) groups excluding carboxylic acids is 1. The zero-order valence-electron chi connectivity index (χ0n) is 16.7. The summed E-state index contributed by atoms with van der Waals surface area (Å²) >= 11 is 0. The van der Waals surface area contributed by atoms with Crippen LogP contribution in [0.2, 0.25) is 0 Å². The number of anilines is 1. The first-order valence-electron chi connectivity index (χ1n) is 10.3. The smallest absolute Gasteiger partial charge is 0.324 e. The molecule has 0 radical (unpaired) electrons. The van der Waals surface area contributed by atoms with Crippen LogP contribution in [-0.4, -0.2) is 70.0 Å². The molecule has 160 valence electrons. The van der Waals surface area contributed by atoms with E-state index >= 15 is 0 Å². The molecule has 9 heteroatoms.